The Bertz CT molecular complexity index is 889. The van der Waals surface area contributed by atoms with Gasteiger partial charge in [0.2, 0.25) is 5.91 Å². The van der Waals surface area contributed by atoms with Gasteiger partial charge in [0.1, 0.15) is 24.3 Å². The maximum absolute atomic E-state index is 13.2. The summed E-state index contributed by atoms with van der Waals surface area (Å²) in [6, 6.07) is 7.77. The van der Waals surface area contributed by atoms with Crippen LogP contribution in [0.15, 0.2) is 47.6 Å². The fraction of sp³-hybridized carbons (Fsp3) is 0.294. The van der Waals surface area contributed by atoms with Crippen LogP contribution in [0.2, 0.25) is 0 Å². The number of benzene rings is 1. The molecule has 1 aliphatic heterocycles. The molecule has 7 nitrogen and oxygen atoms in total. The van der Waals surface area contributed by atoms with Crippen LogP contribution in [0.5, 0.6) is 11.5 Å². The third kappa shape index (κ3) is 3.91. The third-order valence-corrected chi connectivity index (χ3v) is 6.22. The van der Waals surface area contributed by atoms with Crippen LogP contribution in [0.3, 0.4) is 0 Å². The van der Waals surface area contributed by atoms with E-state index in [0.29, 0.717) is 30.3 Å². The van der Waals surface area contributed by atoms with Gasteiger partial charge in [0, 0.05) is 25.0 Å². The Labute approximate surface area is 156 Å². The first-order chi connectivity index (χ1) is 12.5. The molecule has 0 saturated carbocycles. The van der Waals surface area contributed by atoms with Crippen molar-refractivity contribution < 1.29 is 22.7 Å². The van der Waals surface area contributed by atoms with Gasteiger partial charge in [-0.3, -0.25) is 9.78 Å². The van der Waals surface area contributed by atoms with Crippen molar-refractivity contribution in [1.29, 1.82) is 0 Å². The summed E-state index contributed by atoms with van der Waals surface area (Å²) < 4.78 is 37.3. The molecule has 1 aromatic heterocycles. The highest BCUT2D eigenvalue weighted by atomic mass is 35.5. The van der Waals surface area contributed by atoms with Crippen LogP contribution >= 0.6 is 11.6 Å². The summed E-state index contributed by atoms with van der Waals surface area (Å²) in [5, 5.41) is 1.53. The average molecular weight is 397 g/mol. The van der Waals surface area contributed by atoms with E-state index >= 15 is 0 Å². The summed E-state index contributed by atoms with van der Waals surface area (Å²) in [5.41, 5.74) is 0.470. The highest BCUT2D eigenvalue weighted by Crippen LogP contribution is 2.36. The number of nitrogens with zero attached hydrogens (tertiary/aromatic N) is 1. The first-order valence-electron chi connectivity index (χ1n) is 7.88. The molecule has 1 N–H and O–H groups in total. The molecule has 3 rings (SSSR count). The zero-order valence-electron chi connectivity index (χ0n) is 13.7. The number of carbonyl (C=O) groups is 1. The third-order valence-electron chi connectivity index (χ3n) is 3.88. The Morgan fingerprint density at radius 3 is 2.69 bits per heavy atom. The number of fused-ring (bicyclic) bond motifs is 1. The molecule has 1 atom stereocenters. The lowest BCUT2D eigenvalue weighted by Gasteiger charge is -2.21. The molecular weight excluding hydrogens is 380 g/mol. The van der Waals surface area contributed by atoms with E-state index in [1.807, 2.05) is 0 Å². The SMILES string of the molecule is O=C(CCl)NC[C@H](c1cccnc1)S(=O)(=O)c1ccc2c(c1)OCCO2. The number of hydrogen-bond donors (Lipinski definition) is 1. The normalized spacial score (nSPS) is 14.5. The van der Waals surface area contributed by atoms with Gasteiger partial charge in [0.15, 0.2) is 21.3 Å². The van der Waals surface area contributed by atoms with Gasteiger partial charge in [-0.05, 0) is 23.8 Å². The summed E-state index contributed by atoms with van der Waals surface area (Å²) in [4.78, 5) is 15.6. The predicted molar refractivity (Wildman–Crippen MR) is 95.3 cm³/mol. The van der Waals surface area contributed by atoms with Crippen molar-refractivity contribution in [1.82, 2.24) is 10.3 Å². The summed E-state index contributed by atoms with van der Waals surface area (Å²) in [6.07, 6.45) is 3.02. The molecular formula is C17H17ClN2O5S. The molecule has 0 spiro atoms. The number of pyridine rings is 1. The Morgan fingerprint density at radius 1 is 1.23 bits per heavy atom. The Hall–Kier alpha value is -2.32. The number of ether oxygens (including phenoxy) is 2. The number of sulfone groups is 1. The summed E-state index contributed by atoms with van der Waals surface area (Å²) in [5.74, 6) is 0.192. The zero-order valence-corrected chi connectivity index (χ0v) is 15.3. The summed E-state index contributed by atoms with van der Waals surface area (Å²) in [7, 11) is -3.82. The van der Waals surface area contributed by atoms with Crippen LogP contribution < -0.4 is 14.8 Å². The van der Waals surface area contributed by atoms with E-state index < -0.39 is 21.0 Å². The molecule has 138 valence electrons. The second-order valence-corrected chi connectivity index (χ2v) is 7.96. The van der Waals surface area contributed by atoms with E-state index in [2.05, 4.69) is 10.3 Å². The minimum atomic E-state index is -3.82. The maximum Gasteiger partial charge on any atom is 0.234 e. The van der Waals surface area contributed by atoms with Crippen LogP contribution in [-0.2, 0) is 14.6 Å². The molecule has 0 saturated heterocycles. The number of carbonyl (C=O) groups excluding carboxylic acids is 1. The molecule has 2 heterocycles. The van der Waals surface area contributed by atoms with Crippen molar-refractivity contribution >= 4 is 27.3 Å². The molecule has 0 radical (unpaired) electrons. The fourth-order valence-corrected chi connectivity index (χ4v) is 4.34. The summed E-state index contributed by atoms with van der Waals surface area (Å²) >= 11 is 5.49. The van der Waals surface area contributed by atoms with Crippen molar-refractivity contribution in [2.75, 3.05) is 25.6 Å². The molecule has 0 unspecified atom stereocenters. The number of alkyl halides is 1. The number of halogens is 1. The molecule has 0 fully saturated rings. The number of amides is 1. The van der Waals surface area contributed by atoms with E-state index in [1.165, 1.54) is 18.3 Å². The molecule has 0 aliphatic carbocycles. The van der Waals surface area contributed by atoms with Crippen LogP contribution in [-0.4, -0.2) is 44.9 Å². The predicted octanol–water partition coefficient (Wildman–Crippen LogP) is 1.72. The first kappa shape index (κ1) is 18.5. The molecule has 0 bridgehead atoms. The number of aromatic nitrogens is 1. The van der Waals surface area contributed by atoms with Crippen molar-refractivity contribution in [2.24, 2.45) is 0 Å². The van der Waals surface area contributed by atoms with Gasteiger partial charge >= 0.3 is 0 Å². The average Bonchev–Trinajstić information content (AvgIpc) is 2.68. The molecule has 2 aromatic rings. The van der Waals surface area contributed by atoms with E-state index in [1.54, 1.807) is 24.4 Å². The smallest absolute Gasteiger partial charge is 0.234 e. The quantitative estimate of drug-likeness (QED) is 0.747. The van der Waals surface area contributed by atoms with Gasteiger partial charge in [0.05, 0.1) is 4.90 Å². The van der Waals surface area contributed by atoms with Crippen molar-refractivity contribution in [3.05, 3.63) is 48.3 Å². The Morgan fingerprint density at radius 2 is 2.00 bits per heavy atom. The van der Waals surface area contributed by atoms with Crippen LogP contribution in [0.25, 0.3) is 0 Å². The van der Waals surface area contributed by atoms with Crippen LogP contribution in [0.4, 0.5) is 0 Å². The zero-order chi connectivity index (χ0) is 18.6. The van der Waals surface area contributed by atoms with Gasteiger partial charge < -0.3 is 14.8 Å². The molecule has 1 aromatic carbocycles. The van der Waals surface area contributed by atoms with E-state index in [0.717, 1.165) is 0 Å². The fourth-order valence-electron chi connectivity index (χ4n) is 2.59. The lowest BCUT2D eigenvalue weighted by atomic mass is 10.2. The molecule has 26 heavy (non-hydrogen) atoms. The van der Waals surface area contributed by atoms with Gasteiger partial charge in [-0.1, -0.05) is 6.07 Å². The second kappa shape index (κ2) is 7.92. The van der Waals surface area contributed by atoms with Crippen molar-refractivity contribution in [2.45, 2.75) is 10.1 Å². The standard InChI is InChI=1S/C17H17ClN2O5S/c18-9-17(21)20-11-16(12-2-1-5-19-10-12)26(22,23)13-3-4-14-15(8-13)25-7-6-24-14/h1-5,8,10,16H,6-7,9,11H2,(H,20,21)/t16-/m1/s1. The maximum atomic E-state index is 13.2. The Balaban J connectivity index is 1.97. The first-order valence-corrected chi connectivity index (χ1v) is 9.96. The highest BCUT2D eigenvalue weighted by molar-refractivity contribution is 7.91. The van der Waals surface area contributed by atoms with E-state index in [9.17, 15) is 13.2 Å². The molecule has 1 aliphatic rings. The van der Waals surface area contributed by atoms with E-state index in [-0.39, 0.29) is 17.3 Å². The van der Waals surface area contributed by atoms with Gasteiger partial charge in [0.25, 0.3) is 0 Å². The van der Waals surface area contributed by atoms with E-state index in [4.69, 9.17) is 21.1 Å². The van der Waals surface area contributed by atoms with Crippen molar-refractivity contribution in [3.8, 4) is 11.5 Å². The second-order valence-electron chi connectivity index (χ2n) is 5.56. The van der Waals surface area contributed by atoms with Crippen LogP contribution in [0, 0.1) is 0 Å². The topological polar surface area (TPSA) is 94.6 Å². The van der Waals surface area contributed by atoms with Gasteiger partial charge in [-0.25, -0.2) is 8.42 Å². The minimum absolute atomic E-state index is 0.0794. The number of nitrogens with one attached hydrogen (secondary N) is 1. The number of rotatable bonds is 6. The van der Waals surface area contributed by atoms with Gasteiger partial charge in [-0.2, -0.15) is 0 Å². The minimum Gasteiger partial charge on any atom is -0.486 e. The monoisotopic (exact) mass is 396 g/mol. The molecule has 9 heteroatoms. The Kier molecular flexibility index (Phi) is 5.63. The lowest BCUT2D eigenvalue weighted by molar-refractivity contribution is -0.118. The van der Waals surface area contributed by atoms with Crippen molar-refractivity contribution in [3.63, 3.8) is 0 Å². The number of hydrogen-bond acceptors (Lipinski definition) is 6. The highest BCUT2D eigenvalue weighted by Gasteiger charge is 2.31. The van der Waals surface area contributed by atoms with Gasteiger partial charge in [-0.15, -0.1) is 11.6 Å². The summed E-state index contributed by atoms with van der Waals surface area (Å²) in [6.45, 7) is 0.657. The lowest BCUT2D eigenvalue weighted by Crippen LogP contribution is -2.32. The molecule has 1 amide bonds. The largest absolute Gasteiger partial charge is 0.486 e. The van der Waals surface area contributed by atoms with Crippen LogP contribution in [0.1, 0.15) is 10.8 Å².